The number of nitrogens with zero attached hydrogens (tertiary/aromatic N) is 4. The molecule has 1 heterocycles. The highest BCUT2D eigenvalue weighted by molar-refractivity contribution is 5.79. The lowest BCUT2D eigenvalue weighted by Crippen LogP contribution is -2.37. The first-order chi connectivity index (χ1) is 13.2. The van der Waals surface area contributed by atoms with E-state index < -0.39 is 0 Å². The Kier molecular flexibility index (Phi) is 6.51. The predicted molar refractivity (Wildman–Crippen MR) is 104 cm³/mol. The van der Waals surface area contributed by atoms with Crippen LogP contribution in [0.5, 0.6) is 11.5 Å². The van der Waals surface area contributed by atoms with Gasteiger partial charge in [-0.1, -0.05) is 0 Å². The highest BCUT2D eigenvalue weighted by Gasteiger charge is 2.18. The molecule has 27 heavy (non-hydrogen) atoms. The molecular weight excluding hydrogens is 344 g/mol. The smallest absolute Gasteiger partial charge is 0.191 e. The Morgan fingerprint density at radius 1 is 1.26 bits per heavy atom. The summed E-state index contributed by atoms with van der Waals surface area (Å²) in [6.07, 6.45) is 6.54. The second kappa shape index (κ2) is 9.25. The Hall–Kier alpha value is -2.77. The maximum absolute atomic E-state index is 6.25. The average Bonchev–Trinajstić information content (AvgIpc) is 3.34. The van der Waals surface area contributed by atoms with Crippen molar-refractivity contribution in [1.29, 1.82) is 0 Å². The highest BCUT2D eigenvalue weighted by atomic mass is 16.5. The molecule has 0 bridgehead atoms. The summed E-state index contributed by atoms with van der Waals surface area (Å²) < 4.78 is 13.3. The van der Waals surface area contributed by atoms with Gasteiger partial charge in [-0.25, -0.2) is 4.98 Å². The van der Waals surface area contributed by atoms with E-state index in [0.29, 0.717) is 25.2 Å². The maximum Gasteiger partial charge on any atom is 0.191 e. The van der Waals surface area contributed by atoms with E-state index >= 15 is 0 Å². The molecule has 1 fully saturated rings. The number of hydrogen-bond acceptors (Lipinski definition) is 5. The number of benzene rings is 1. The van der Waals surface area contributed by atoms with Gasteiger partial charge in [-0.3, -0.25) is 9.67 Å². The largest absolute Gasteiger partial charge is 0.497 e. The number of aromatic nitrogens is 3. The molecule has 0 saturated heterocycles. The molecule has 3 rings (SSSR count). The van der Waals surface area contributed by atoms with Crippen LogP contribution in [-0.4, -0.2) is 41.0 Å². The van der Waals surface area contributed by atoms with E-state index in [1.165, 1.54) is 19.2 Å². The Bertz CT molecular complexity index is 767. The molecule has 1 aliphatic carbocycles. The Morgan fingerprint density at radius 2 is 2.04 bits per heavy atom. The molecular formula is C19H28N6O2. The number of rotatable bonds is 7. The second-order valence-corrected chi connectivity index (χ2v) is 6.58. The van der Waals surface area contributed by atoms with Gasteiger partial charge in [-0.2, -0.15) is 5.10 Å². The van der Waals surface area contributed by atoms with E-state index in [1.54, 1.807) is 18.8 Å². The van der Waals surface area contributed by atoms with Crippen LogP contribution < -0.4 is 20.1 Å². The van der Waals surface area contributed by atoms with E-state index in [9.17, 15) is 0 Å². The number of hydrogen-bond donors (Lipinski definition) is 2. The molecule has 2 N–H and O–H groups in total. The third-order valence-electron chi connectivity index (χ3n) is 4.76. The summed E-state index contributed by atoms with van der Waals surface area (Å²) >= 11 is 0. The van der Waals surface area contributed by atoms with Crippen molar-refractivity contribution >= 4 is 5.96 Å². The van der Waals surface area contributed by atoms with Crippen LogP contribution in [0, 0.1) is 0 Å². The van der Waals surface area contributed by atoms with E-state index in [-0.39, 0.29) is 0 Å². The van der Waals surface area contributed by atoms with E-state index in [4.69, 9.17) is 9.47 Å². The highest BCUT2D eigenvalue weighted by Crippen LogP contribution is 2.29. The molecule has 2 aromatic rings. The topological polar surface area (TPSA) is 85.6 Å². The molecule has 0 unspecified atom stereocenters. The first kappa shape index (κ1) is 19.0. The normalized spacial score (nSPS) is 15.0. The summed E-state index contributed by atoms with van der Waals surface area (Å²) in [5.41, 5.74) is 1.07. The number of ether oxygens (including phenoxy) is 2. The van der Waals surface area contributed by atoms with E-state index in [0.717, 1.165) is 35.7 Å². The Balaban J connectivity index is 1.62. The minimum atomic E-state index is 0.296. The quantitative estimate of drug-likeness (QED) is 0.571. The van der Waals surface area contributed by atoms with Crippen LogP contribution in [0.25, 0.3) is 0 Å². The van der Waals surface area contributed by atoms with Crippen molar-refractivity contribution in [3.05, 3.63) is 35.9 Å². The standard InChI is InChI=1S/C19H28N6O2/c1-20-19(22-12-18-23-13-24-25(18)2)21-11-14-8-9-16(26-3)10-17(14)27-15-6-4-5-7-15/h8-10,13,15H,4-7,11-12H2,1-3H3,(H2,20,21,22). The van der Waals surface area contributed by atoms with Gasteiger partial charge in [0, 0.05) is 32.3 Å². The lowest BCUT2D eigenvalue weighted by molar-refractivity contribution is 0.207. The minimum Gasteiger partial charge on any atom is -0.497 e. The SMILES string of the molecule is CN=C(NCc1ccc(OC)cc1OC1CCCC1)NCc1ncnn1C. The van der Waals surface area contributed by atoms with Crippen LogP contribution in [0.4, 0.5) is 0 Å². The molecule has 1 aliphatic rings. The molecule has 0 atom stereocenters. The molecule has 0 spiro atoms. The lowest BCUT2D eigenvalue weighted by atomic mass is 10.2. The van der Waals surface area contributed by atoms with Crippen LogP contribution in [0.15, 0.2) is 29.5 Å². The minimum absolute atomic E-state index is 0.296. The summed E-state index contributed by atoms with van der Waals surface area (Å²) in [5, 5.41) is 10.6. The number of methoxy groups -OCH3 is 1. The van der Waals surface area contributed by atoms with Gasteiger partial charge < -0.3 is 20.1 Å². The van der Waals surface area contributed by atoms with Gasteiger partial charge in [0.1, 0.15) is 23.7 Å². The van der Waals surface area contributed by atoms with Crippen molar-refractivity contribution in [2.24, 2.45) is 12.0 Å². The monoisotopic (exact) mass is 372 g/mol. The summed E-state index contributed by atoms with van der Waals surface area (Å²) in [5.74, 6) is 3.21. The Morgan fingerprint density at radius 3 is 2.70 bits per heavy atom. The second-order valence-electron chi connectivity index (χ2n) is 6.58. The molecule has 1 saturated carbocycles. The lowest BCUT2D eigenvalue weighted by Gasteiger charge is -2.18. The van der Waals surface area contributed by atoms with Crippen LogP contribution >= 0.6 is 0 Å². The summed E-state index contributed by atoms with van der Waals surface area (Å²) in [7, 11) is 5.28. The molecule has 8 nitrogen and oxygen atoms in total. The van der Waals surface area contributed by atoms with Crippen molar-refractivity contribution in [2.45, 2.75) is 44.9 Å². The van der Waals surface area contributed by atoms with Crippen molar-refractivity contribution in [1.82, 2.24) is 25.4 Å². The first-order valence-corrected chi connectivity index (χ1v) is 9.30. The molecule has 1 aromatic carbocycles. The summed E-state index contributed by atoms with van der Waals surface area (Å²) in [6.45, 7) is 1.15. The van der Waals surface area contributed by atoms with Gasteiger partial charge in [-0.15, -0.1) is 0 Å². The van der Waals surface area contributed by atoms with E-state index in [1.807, 2.05) is 25.2 Å². The maximum atomic E-state index is 6.25. The average molecular weight is 372 g/mol. The Labute approximate surface area is 160 Å². The van der Waals surface area contributed by atoms with Crippen LogP contribution in [0.1, 0.15) is 37.1 Å². The summed E-state index contributed by atoms with van der Waals surface area (Å²) in [6, 6.07) is 5.95. The third kappa shape index (κ3) is 5.12. The number of guanidine groups is 1. The van der Waals surface area contributed by atoms with Crippen molar-refractivity contribution < 1.29 is 9.47 Å². The molecule has 0 amide bonds. The van der Waals surface area contributed by atoms with Crippen LogP contribution in [-0.2, 0) is 20.1 Å². The zero-order chi connectivity index (χ0) is 19.1. The molecule has 8 heteroatoms. The van der Waals surface area contributed by atoms with Crippen molar-refractivity contribution in [3.63, 3.8) is 0 Å². The van der Waals surface area contributed by atoms with Gasteiger partial charge in [0.25, 0.3) is 0 Å². The molecule has 1 aromatic heterocycles. The summed E-state index contributed by atoms with van der Waals surface area (Å²) in [4.78, 5) is 8.47. The fourth-order valence-electron chi connectivity index (χ4n) is 3.15. The number of aliphatic imine (C=N–C) groups is 1. The first-order valence-electron chi connectivity index (χ1n) is 9.30. The third-order valence-corrected chi connectivity index (χ3v) is 4.76. The van der Waals surface area contributed by atoms with Gasteiger partial charge in [0.15, 0.2) is 5.96 Å². The van der Waals surface area contributed by atoms with Gasteiger partial charge in [-0.05, 0) is 37.8 Å². The number of nitrogens with one attached hydrogen (secondary N) is 2. The van der Waals surface area contributed by atoms with Crippen molar-refractivity contribution in [3.8, 4) is 11.5 Å². The van der Waals surface area contributed by atoms with Gasteiger partial charge in [0.2, 0.25) is 0 Å². The van der Waals surface area contributed by atoms with Gasteiger partial charge >= 0.3 is 0 Å². The fourth-order valence-corrected chi connectivity index (χ4v) is 3.15. The van der Waals surface area contributed by atoms with E-state index in [2.05, 4.69) is 25.7 Å². The fraction of sp³-hybridized carbons (Fsp3) is 0.526. The zero-order valence-electron chi connectivity index (χ0n) is 16.2. The van der Waals surface area contributed by atoms with Gasteiger partial charge in [0.05, 0.1) is 19.8 Å². The van der Waals surface area contributed by atoms with Crippen LogP contribution in [0.3, 0.4) is 0 Å². The number of aryl methyl sites for hydroxylation is 1. The molecule has 0 aliphatic heterocycles. The molecule has 0 radical (unpaired) electrons. The van der Waals surface area contributed by atoms with Crippen molar-refractivity contribution in [2.75, 3.05) is 14.2 Å². The van der Waals surface area contributed by atoms with Crippen LogP contribution in [0.2, 0.25) is 0 Å². The predicted octanol–water partition coefficient (Wildman–Crippen LogP) is 2.01. The zero-order valence-corrected chi connectivity index (χ0v) is 16.2. The molecule has 146 valence electrons.